The van der Waals surface area contributed by atoms with Crippen molar-refractivity contribution in [2.45, 2.75) is 6.92 Å². The summed E-state index contributed by atoms with van der Waals surface area (Å²) in [6.45, 7) is 1.87. The van der Waals surface area contributed by atoms with E-state index in [1.54, 1.807) is 42.5 Å². The third-order valence-corrected chi connectivity index (χ3v) is 2.02. The summed E-state index contributed by atoms with van der Waals surface area (Å²) in [6.07, 6.45) is 0. The third-order valence-electron chi connectivity index (χ3n) is 2.02. The number of aromatic carboxylic acids is 1. The molecule has 0 aromatic heterocycles. The number of benzene rings is 2. The van der Waals surface area contributed by atoms with Gasteiger partial charge in [0.15, 0.2) is 0 Å². The number of rotatable bonds is 1. The normalized spacial score (nSPS) is 9.00. The number of aryl methyl sites for hydroxylation is 1. The third kappa shape index (κ3) is 4.84. The minimum Gasteiger partial charge on any atom is -0.508 e. The molecule has 17 heavy (non-hydrogen) atoms. The van der Waals surface area contributed by atoms with E-state index < -0.39 is 5.97 Å². The van der Waals surface area contributed by atoms with Gasteiger partial charge in [-0.05, 0) is 31.2 Å². The van der Waals surface area contributed by atoms with Crippen molar-refractivity contribution >= 4 is 5.97 Å². The van der Waals surface area contributed by atoms with Crippen LogP contribution in [-0.4, -0.2) is 16.2 Å². The molecule has 2 N–H and O–H groups in total. The monoisotopic (exact) mass is 230 g/mol. The SMILES string of the molecule is Cc1cccc(C(=O)O)c1.Oc1ccccc1. The zero-order chi connectivity index (χ0) is 12.7. The summed E-state index contributed by atoms with van der Waals surface area (Å²) in [4.78, 5) is 10.4. The van der Waals surface area contributed by atoms with E-state index in [0.29, 0.717) is 11.3 Å². The number of carbonyl (C=O) groups is 1. The Morgan fingerprint density at radius 2 is 1.65 bits per heavy atom. The lowest BCUT2D eigenvalue weighted by Crippen LogP contribution is -1.95. The molecule has 3 nitrogen and oxygen atoms in total. The first-order valence-corrected chi connectivity index (χ1v) is 5.13. The number of phenols is 1. The summed E-state index contributed by atoms with van der Waals surface area (Å²) in [5.41, 5.74) is 1.32. The molecule has 0 spiro atoms. The maximum atomic E-state index is 10.4. The van der Waals surface area contributed by atoms with Crippen LogP contribution in [0.5, 0.6) is 5.75 Å². The largest absolute Gasteiger partial charge is 0.508 e. The molecule has 0 aliphatic carbocycles. The smallest absolute Gasteiger partial charge is 0.335 e. The second-order valence-electron chi connectivity index (χ2n) is 3.51. The molecule has 0 bridgehead atoms. The minimum atomic E-state index is -0.872. The van der Waals surface area contributed by atoms with Gasteiger partial charge in [-0.2, -0.15) is 0 Å². The molecule has 0 aliphatic heterocycles. The van der Waals surface area contributed by atoms with E-state index in [9.17, 15) is 4.79 Å². The summed E-state index contributed by atoms with van der Waals surface area (Å²) >= 11 is 0. The van der Waals surface area contributed by atoms with E-state index in [-0.39, 0.29) is 0 Å². The van der Waals surface area contributed by atoms with Crippen molar-refractivity contribution in [1.29, 1.82) is 0 Å². The molecule has 2 aromatic carbocycles. The number of carboxylic acids is 1. The number of phenolic OH excluding ortho intramolecular Hbond substituents is 1. The summed E-state index contributed by atoms with van der Waals surface area (Å²) in [6, 6.07) is 15.5. The van der Waals surface area contributed by atoms with Crippen LogP contribution in [-0.2, 0) is 0 Å². The Morgan fingerprint density at radius 1 is 1.00 bits per heavy atom. The summed E-state index contributed by atoms with van der Waals surface area (Å²) in [5, 5.41) is 17.1. The van der Waals surface area contributed by atoms with E-state index in [0.717, 1.165) is 5.56 Å². The topological polar surface area (TPSA) is 57.5 Å². The Morgan fingerprint density at radius 3 is 2.00 bits per heavy atom. The summed E-state index contributed by atoms with van der Waals surface area (Å²) in [5.74, 6) is -0.550. The molecule has 88 valence electrons. The first-order chi connectivity index (χ1) is 8.09. The lowest BCUT2D eigenvalue weighted by Gasteiger charge is -1.93. The Labute approximate surface area is 100.0 Å². The van der Waals surface area contributed by atoms with Gasteiger partial charge in [0, 0.05) is 0 Å². The van der Waals surface area contributed by atoms with Gasteiger partial charge in [0.05, 0.1) is 5.56 Å². The standard InChI is InChI=1S/C8H8O2.C6H6O/c1-6-3-2-4-7(5-6)8(9)10;7-6-4-2-1-3-5-6/h2-5H,1H3,(H,9,10);1-5,7H. The quantitative estimate of drug-likeness (QED) is 0.791. The maximum absolute atomic E-state index is 10.4. The van der Waals surface area contributed by atoms with Crippen LogP contribution in [0, 0.1) is 6.92 Å². The van der Waals surface area contributed by atoms with Crippen LogP contribution in [0.15, 0.2) is 54.6 Å². The highest BCUT2D eigenvalue weighted by molar-refractivity contribution is 5.87. The average Bonchev–Trinajstić information content (AvgIpc) is 2.31. The fourth-order valence-corrected chi connectivity index (χ4v) is 1.21. The van der Waals surface area contributed by atoms with Gasteiger partial charge in [0.2, 0.25) is 0 Å². The van der Waals surface area contributed by atoms with Gasteiger partial charge in [0.1, 0.15) is 5.75 Å². The zero-order valence-corrected chi connectivity index (χ0v) is 9.50. The van der Waals surface area contributed by atoms with Crippen molar-refractivity contribution in [3.8, 4) is 5.75 Å². The highest BCUT2D eigenvalue weighted by Gasteiger charge is 1.99. The molecule has 2 aromatic rings. The van der Waals surface area contributed by atoms with Gasteiger partial charge in [-0.3, -0.25) is 0 Å². The molecule has 0 saturated carbocycles. The molecular weight excluding hydrogens is 216 g/mol. The minimum absolute atomic E-state index is 0.322. The van der Waals surface area contributed by atoms with Crippen molar-refractivity contribution < 1.29 is 15.0 Å². The Bertz CT molecular complexity index is 478. The van der Waals surface area contributed by atoms with Crippen LogP contribution in [0.2, 0.25) is 0 Å². The van der Waals surface area contributed by atoms with E-state index in [2.05, 4.69) is 0 Å². The van der Waals surface area contributed by atoms with Crippen molar-refractivity contribution in [2.24, 2.45) is 0 Å². The second kappa shape index (κ2) is 6.33. The molecule has 0 radical (unpaired) electrons. The van der Waals surface area contributed by atoms with E-state index in [4.69, 9.17) is 10.2 Å². The second-order valence-corrected chi connectivity index (χ2v) is 3.51. The molecule has 0 saturated heterocycles. The Hall–Kier alpha value is -2.29. The summed E-state index contributed by atoms with van der Waals surface area (Å²) < 4.78 is 0. The van der Waals surface area contributed by atoms with E-state index >= 15 is 0 Å². The first kappa shape index (κ1) is 12.8. The van der Waals surface area contributed by atoms with Crippen molar-refractivity contribution in [3.05, 3.63) is 65.7 Å². The van der Waals surface area contributed by atoms with Crippen molar-refractivity contribution in [1.82, 2.24) is 0 Å². The molecule has 0 unspecified atom stereocenters. The van der Waals surface area contributed by atoms with E-state index in [1.165, 1.54) is 0 Å². The van der Waals surface area contributed by atoms with Crippen LogP contribution in [0.4, 0.5) is 0 Å². The van der Waals surface area contributed by atoms with Crippen LogP contribution in [0.1, 0.15) is 15.9 Å². The molecule has 3 heteroatoms. The molecule has 0 heterocycles. The summed E-state index contributed by atoms with van der Waals surface area (Å²) in [7, 11) is 0. The fourth-order valence-electron chi connectivity index (χ4n) is 1.21. The first-order valence-electron chi connectivity index (χ1n) is 5.13. The van der Waals surface area contributed by atoms with Crippen molar-refractivity contribution in [2.75, 3.05) is 0 Å². The molecular formula is C14H14O3. The van der Waals surface area contributed by atoms with E-state index in [1.807, 2.05) is 19.1 Å². The highest BCUT2D eigenvalue weighted by atomic mass is 16.4. The molecule has 0 amide bonds. The van der Waals surface area contributed by atoms with Gasteiger partial charge < -0.3 is 10.2 Å². The van der Waals surface area contributed by atoms with Gasteiger partial charge in [-0.1, -0.05) is 35.9 Å². The highest BCUT2D eigenvalue weighted by Crippen LogP contribution is 2.03. The molecule has 0 aliphatic rings. The van der Waals surface area contributed by atoms with Gasteiger partial charge in [0.25, 0.3) is 0 Å². The molecule has 0 fully saturated rings. The number of hydrogen-bond acceptors (Lipinski definition) is 2. The van der Waals surface area contributed by atoms with Crippen LogP contribution in [0.3, 0.4) is 0 Å². The number of aromatic hydroxyl groups is 1. The number of hydrogen-bond donors (Lipinski definition) is 2. The Kier molecular flexibility index (Phi) is 4.76. The lowest BCUT2D eigenvalue weighted by molar-refractivity contribution is 0.0697. The predicted octanol–water partition coefficient (Wildman–Crippen LogP) is 3.09. The van der Waals surface area contributed by atoms with Crippen LogP contribution >= 0.6 is 0 Å². The average molecular weight is 230 g/mol. The van der Waals surface area contributed by atoms with Gasteiger partial charge in [-0.15, -0.1) is 0 Å². The fraction of sp³-hybridized carbons (Fsp3) is 0.0714. The Balaban J connectivity index is 0.000000181. The van der Waals surface area contributed by atoms with Crippen molar-refractivity contribution in [3.63, 3.8) is 0 Å². The molecule has 2 rings (SSSR count). The lowest BCUT2D eigenvalue weighted by atomic mass is 10.1. The predicted molar refractivity (Wildman–Crippen MR) is 66.2 cm³/mol. The van der Waals surface area contributed by atoms with Gasteiger partial charge >= 0.3 is 5.97 Å². The number of carboxylic acid groups (broad SMARTS) is 1. The molecule has 0 atom stereocenters. The van der Waals surface area contributed by atoms with Crippen LogP contribution < -0.4 is 0 Å². The zero-order valence-electron chi connectivity index (χ0n) is 9.50. The van der Waals surface area contributed by atoms with Gasteiger partial charge in [-0.25, -0.2) is 4.79 Å². The maximum Gasteiger partial charge on any atom is 0.335 e. The van der Waals surface area contributed by atoms with Crippen LogP contribution in [0.25, 0.3) is 0 Å². The number of para-hydroxylation sites is 1.